The van der Waals surface area contributed by atoms with Gasteiger partial charge in [-0.3, -0.25) is 9.59 Å². The van der Waals surface area contributed by atoms with E-state index in [1.165, 1.54) is 0 Å². The van der Waals surface area contributed by atoms with Crippen LogP contribution in [-0.2, 0) is 19.1 Å². The topological polar surface area (TPSA) is 52.6 Å². The van der Waals surface area contributed by atoms with E-state index >= 15 is 0 Å². The Labute approximate surface area is 103 Å². The van der Waals surface area contributed by atoms with E-state index in [4.69, 9.17) is 9.47 Å². The highest BCUT2D eigenvalue weighted by Gasteiger charge is 2.43. The average molecular weight is 326 g/mol. The first kappa shape index (κ1) is 12.7. The van der Waals surface area contributed by atoms with Crippen molar-refractivity contribution in [2.45, 2.75) is 49.2 Å². The Morgan fingerprint density at radius 3 is 2.73 bits per heavy atom. The SMILES string of the molecule is CCC(C)(I)C(=O)OC1(C)CCC(=O)O1. The standard InChI is InChI=1S/C10H15IO4/c1-4-9(2,11)8(13)15-10(3)6-5-7(12)14-10/h4-6H2,1-3H3. The first-order valence-electron chi connectivity index (χ1n) is 4.93. The van der Waals surface area contributed by atoms with Crippen LogP contribution in [0.3, 0.4) is 0 Å². The summed E-state index contributed by atoms with van der Waals surface area (Å²) in [4.78, 5) is 22.7. The van der Waals surface area contributed by atoms with E-state index in [-0.39, 0.29) is 11.9 Å². The molecule has 5 heteroatoms. The second kappa shape index (κ2) is 4.27. The van der Waals surface area contributed by atoms with Gasteiger partial charge in [-0.05, 0) is 13.3 Å². The molecule has 1 saturated heterocycles. The Balaban J connectivity index is 2.62. The van der Waals surface area contributed by atoms with Crippen LogP contribution in [0.1, 0.15) is 40.0 Å². The maximum absolute atomic E-state index is 11.7. The highest BCUT2D eigenvalue weighted by Crippen LogP contribution is 2.32. The number of esters is 2. The van der Waals surface area contributed by atoms with Crippen molar-refractivity contribution in [3.05, 3.63) is 0 Å². The third kappa shape index (κ3) is 3.06. The highest BCUT2D eigenvalue weighted by atomic mass is 127. The molecule has 4 nitrogen and oxygen atoms in total. The van der Waals surface area contributed by atoms with Crippen LogP contribution in [0, 0.1) is 0 Å². The minimum atomic E-state index is -1.06. The summed E-state index contributed by atoms with van der Waals surface area (Å²) in [5, 5.41) is 0. The maximum atomic E-state index is 11.7. The Hall–Kier alpha value is -0.330. The molecule has 0 saturated carbocycles. The molecule has 1 aliphatic heterocycles. The first-order valence-corrected chi connectivity index (χ1v) is 6.01. The van der Waals surface area contributed by atoms with Crippen LogP contribution in [-0.4, -0.2) is 21.1 Å². The van der Waals surface area contributed by atoms with Gasteiger partial charge in [-0.2, -0.15) is 0 Å². The predicted molar refractivity (Wildman–Crippen MR) is 62.5 cm³/mol. The van der Waals surface area contributed by atoms with Crippen LogP contribution in [0.5, 0.6) is 0 Å². The van der Waals surface area contributed by atoms with Gasteiger partial charge in [0.25, 0.3) is 5.79 Å². The van der Waals surface area contributed by atoms with Gasteiger partial charge >= 0.3 is 11.9 Å². The van der Waals surface area contributed by atoms with Crippen molar-refractivity contribution in [3.8, 4) is 0 Å². The maximum Gasteiger partial charge on any atom is 0.325 e. The zero-order chi connectivity index (χ0) is 11.7. The molecule has 1 rings (SSSR count). The molecule has 0 aromatic rings. The van der Waals surface area contributed by atoms with Crippen LogP contribution in [0.4, 0.5) is 0 Å². The van der Waals surface area contributed by atoms with E-state index in [9.17, 15) is 9.59 Å². The molecule has 0 amide bonds. The van der Waals surface area contributed by atoms with Crippen molar-refractivity contribution in [1.29, 1.82) is 0 Å². The average Bonchev–Trinajstić information content (AvgIpc) is 2.46. The summed E-state index contributed by atoms with van der Waals surface area (Å²) in [5.41, 5.74) is 0. The molecule has 15 heavy (non-hydrogen) atoms. The van der Waals surface area contributed by atoms with Crippen molar-refractivity contribution in [2.24, 2.45) is 0 Å². The van der Waals surface area contributed by atoms with Crippen molar-refractivity contribution in [2.75, 3.05) is 0 Å². The molecule has 0 spiro atoms. The molecule has 2 unspecified atom stereocenters. The van der Waals surface area contributed by atoms with Crippen molar-refractivity contribution in [3.63, 3.8) is 0 Å². The summed E-state index contributed by atoms with van der Waals surface area (Å²) in [6.45, 7) is 5.34. The number of carbonyl (C=O) groups is 2. The molecule has 1 heterocycles. The summed E-state index contributed by atoms with van der Waals surface area (Å²) < 4.78 is 9.65. The number of rotatable bonds is 3. The second-order valence-electron chi connectivity index (χ2n) is 4.05. The third-order valence-corrected chi connectivity index (χ3v) is 3.71. The van der Waals surface area contributed by atoms with Gasteiger partial charge in [0.1, 0.15) is 3.42 Å². The van der Waals surface area contributed by atoms with E-state index < -0.39 is 9.21 Å². The Bertz CT molecular complexity index is 287. The van der Waals surface area contributed by atoms with Gasteiger partial charge in [0, 0.05) is 13.3 Å². The number of carbonyl (C=O) groups excluding carboxylic acids is 2. The fourth-order valence-corrected chi connectivity index (χ4v) is 1.30. The van der Waals surface area contributed by atoms with Crippen molar-refractivity contribution in [1.82, 2.24) is 0 Å². The number of alkyl halides is 1. The van der Waals surface area contributed by atoms with Crippen LogP contribution < -0.4 is 0 Å². The monoisotopic (exact) mass is 326 g/mol. The molecular formula is C10H15IO4. The largest absolute Gasteiger partial charge is 0.423 e. The lowest BCUT2D eigenvalue weighted by atomic mass is 10.1. The zero-order valence-corrected chi connectivity index (χ0v) is 11.3. The normalized spacial score (nSPS) is 29.5. The molecule has 0 bridgehead atoms. The van der Waals surface area contributed by atoms with Gasteiger partial charge in [0.2, 0.25) is 0 Å². The molecule has 0 aromatic carbocycles. The minimum absolute atomic E-state index is 0.308. The smallest absolute Gasteiger partial charge is 0.325 e. The number of hydrogen-bond acceptors (Lipinski definition) is 4. The van der Waals surface area contributed by atoms with Crippen LogP contribution >= 0.6 is 22.6 Å². The summed E-state index contributed by atoms with van der Waals surface area (Å²) in [6, 6.07) is 0. The molecule has 1 aliphatic rings. The summed E-state index contributed by atoms with van der Waals surface area (Å²) in [6.07, 6.45) is 1.43. The number of cyclic esters (lactones) is 1. The predicted octanol–water partition coefficient (Wildman–Crippen LogP) is 2.19. The number of ether oxygens (including phenoxy) is 2. The van der Waals surface area contributed by atoms with Crippen LogP contribution in [0.2, 0.25) is 0 Å². The van der Waals surface area contributed by atoms with E-state index in [0.29, 0.717) is 19.3 Å². The lowest BCUT2D eigenvalue weighted by Gasteiger charge is -2.27. The van der Waals surface area contributed by atoms with Crippen LogP contribution in [0.25, 0.3) is 0 Å². The molecule has 1 fully saturated rings. The fourth-order valence-electron chi connectivity index (χ4n) is 1.19. The lowest BCUT2D eigenvalue weighted by Crippen LogP contribution is -2.39. The summed E-state index contributed by atoms with van der Waals surface area (Å²) in [5.74, 6) is -1.70. The van der Waals surface area contributed by atoms with Gasteiger partial charge in [0.15, 0.2) is 0 Å². The Kier molecular flexibility index (Phi) is 3.63. The molecule has 2 atom stereocenters. The van der Waals surface area contributed by atoms with E-state index in [2.05, 4.69) is 0 Å². The van der Waals surface area contributed by atoms with Gasteiger partial charge in [-0.25, -0.2) is 0 Å². The second-order valence-corrected chi connectivity index (χ2v) is 6.43. The van der Waals surface area contributed by atoms with Crippen LogP contribution in [0.15, 0.2) is 0 Å². The highest BCUT2D eigenvalue weighted by molar-refractivity contribution is 14.1. The van der Waals surface area contributed by atoms with Gasteiger partial charge < -0.3 is 9.47 Å². The van der Waals surface area contributed by atoms with Gasteiger partial charge in [-0.1, -0.05) is 29.5 Å². The number of hydrogen-bond donors (Lipinski definition) is 0. The lowest BCUT2D eigenvalue weighted by molar-refractivity contribution is -0.209. The molecule has 0 N–H and O–H groups in total. The quantitative estimate of drug-likeness (QED) is 0.453. The third-order valence-electron chi connectivity index (χ3n) is 2.51. The first-order chi connectivity index (χ1) is 6.79. The minimum Gasteiger partial charge on any atom is -0.423 e. The zero-order valence-electron chi connectivity index (χ0n) is 9.13. The molecule has 0 aliphatic carbocycles. The van der Waals surface area contributed by atoms with E-state index in [1.54, 1.807) is 13.8 Å². The molecule has 0 radical (unpaired) electrons. The fraction of sp³-hybridized carbons (Fsp3) is 0.800. The van der Waals surface area contributed by atoms with Crippen molar-refractivity contribution >= 4 is 34.5 Å². The summed E-state index contributed by atoms with van der Waals surface area (Å²) in [7, 11) is 0. The van der Waals surface area contributed by atoms with Crippen molar-refractivity contribution < 1.29 is 19.1 Å². The molecular weight excluding hydrogens is 311 g/mol. The Morgan fingerprint density at radius 2 is 2.33 bits per heavy atom. The summed E-state index contributed by atoms with van der Waals surface area (Å²) >= 11 is 2.05. The van der Waals surface area contributed by atoms with Gasteiger partial charge in [-0.15, -0.1) is 0 Å². The Morgan fingerprint density at radius 1 is 1.73 bits per heavy atom. The van der Waals surface area contributed by atoms with E-state index in [0.717, 1.165) is 0 Å². The van der Waals surface area contributed by atoms with Gasteiger partial charge in [0.05, 0.1) is 6.42 Å². The molecule has 86 valence electrons. The number of halogens is 1. The van der Waals surface area contributed by atoms with E-state index in [1.807, 2.05) is 29.5 Å². The molecule has 0 aromatic heterocycles.